The Morgan fingerprint density at radius 1 is 1.22 bits per heavy atom. The first-order valence-electron chi connectivity index (χ1n) is 5.72. The fourth-order valence-corrected chi connectivity index (χ4v) is 1.93. The van der Waals surface area contributed by atoms with E-state index in [1.54, 1.807) is 30.9 Å². The van der Waals surface area contributed by atoms with Crippen molar-refractivity contribution in [3.05, 3.63) is 60.2 Å². The Hall–Kier alpha value is -2.23. The van der Waals surface area contributed by atoms with Gasteiger partial charge in [-0.3, -0.25) is 14.8 Å². The first-order valence-corrected chi connectivity index (χ1v) is 5.72. The molecule has 4 nitrogen and oxygen atoms in total. The predicted molar refractivity (Wildman–Crippen MR) is 68.7 cm³/mol. The molecule has 2 N–H and O–H groups in total. The summed E-state index contributed by atoms with van der Waals surface area (Å²) in [6, 6.07) is 7.46. The highest BCUT2D eigenvalue weighted by Crippen LogP contribution is 2.27. The van der Waals surface area contributed by atoms with Crippen LogP contribution in [0.2, 0.25) is 0 Å². The van der Waals surface area contributed by atoms with Gasteiger partial charge in [0.15, 0.2) is 0 Å². The minimum atomic E-state index is -0.767. The maximum Gasteiger partial charge on any atom is 0.228 e. The van der Waals surface area contributed by atoms with Gasteiger partial charge in [-0.25, -0.2) is 0 Å². The van der Waals surface area contributed by atoms with Gasteiger partial charge in [0.2, 0.25) is 5.91 Å². The predicted octanol–water partition coefficient (Wildman–Crippen LogP) is 1.46. The zero-order chi connectivity index (χ0) is 13.0. The molecule has 2 aromatic rings. The summed E-state index contributed by atoms with van der Waals surface area (Å²) >= 11 is 0. The second-order valence-electron chi connectivity index (χ2n) is 4.48. The molecule has 1 amide bonds. The average molecular weight is 241 g/mol. The van der Waals surface area contributed by atoms with Crippen molar-refractivity contribution in [3.8, 4) is 0 Å². The Balaban J connectivity index is 2.37. The van der Waals surface area contributed by atoms with Crippen molar-refractivity contribution >= 4 is 5.91 Å². The van der Waals surface area contributed by atoms with Crippen molar-refractivity contribution in [2.45, 2.75) is 18.8 Å². The van der Waals surface area contributed by atoms with Gasteiger partial charge in [0, 0.05) is 24.8 Å². The number of nitrogens with two attached hydrogens (primary N) is 1. The van der Waals surface area contributed by atoms with Crippen molar-refractivity contribution in [1.82, 2.24) is 9.97 Å². The molecule has 1 unspecified atom stereocenters. The van der Waals surface area contributed by atoms with Crippen LogP contribution < -0.4 is 5.73 Å². The van der Waals surface area contributed by atoms with E-state index in [0.717, 1.165) is 11.1 Å². The lowest BCUT2D eigenvalue weighted by molar-refractivity contribution is -0.123. The topological polar surface area (TPSA) is 68.9 Å². The van der Waals surface area contributed by atoms with E-state index in [-0.39, 0.29) is 5.91 Å². The summed E-state index contributed by atoms with van der Waals surface area (Å²) in [5.74, 6) is -0.362. The van der Waals surface area contributed by atoms with Gasteiger partial charge >= 0.3 is 0 Å². The van der Waals surface area contributed by atoms with Crippen molar-refractivity contribution in [3.63, 3.8) is 0 Å². The van der Waals surface area contributed by atoms with Crippen LogP contribution in [0.3, 0.4) is 0 Å². The Morgan fingerprint density at radius 3 is 2.39 bits per heavy atom. The highest BCUT2D eigenvalue weighted by Gasteiger charge is 2.33. The third-order valence-corrected chi connectivity index (χ3v) is 3.12. The van der Waals surface area contributed by atoms with E-state index in [9.17, 15) is 4.79 Å². The number of carbonyl (C=O) groups is 1. The number of amides is 1. The van der Waals surface area contributed by atoms with Crippen LogP contribution in [0.5, 0.6) is 0 Å². The molecule has 0 radical (unpaired) electrons. The molecule has 0 saturated heterocycles. The maximum absolute atomic E-state index is 11.8. The van der Waals surface area contributed by atoms with Gasteiger partial charge in [-0.15, -0.1) is 0 Å². The Bertz CT molecular complexity index is 527. The van der Waals surface area contributed by atoms with Crippen molar-refractivity contribution < 1.29 is 4.79 Å². The molecule has 92 valence electrons. The third kappa shape index (κ3) is 2.37. The fraction of sp³-hybridized carbons (Fsp3) is 0.214. The molecular formula is C14H15N3O. The molecule has 18 heavy (non-hydrogen) atoms. The van der Waals surface area contributed by atoms with E-state index in [1.165, 1.54) is 0 Å². The Labute approximate surface area is 106 Å². The van der Waals surface area contributed by atoms with Crippen LogP contribution in [-0.4, -0.2) is 15.9 Å². The first-order chi connectivity index (χ1) is 8.63. The lowest BCUT2D eigenvalue weighted by Gasteiger charge is -2.26. The molecule has 1 atom stereocenters. The summed E-state index contributed by atoms with van der Waals surface area (Å²) in [6.45, 7) is 1.83. The van der Waals surface area contributed by atoms with Gasteiger partial charge in [0.1, 0.15) is 0 Å². The first kappa shape index (κ1) is 12.2. The number of nitrogens with zero attached hydrogens (tertiary/aromatic N) is 2. The third-order valence-electron chi connectivity index (χ3n) is 3.12. The number of primary amides is 1. The van der Waals surface area contributed by atoms with E-state index in [2.05, 4.69) is 9.97 Å². The van der Waals surface area contributed by atoms with E-state index >= 15 is 0 Å². The number of hydrogen-bond donors (Lipinski definition) is 1. The molecule has 0 aliphatic rings. The smallest absolute Gasteiger partial charge is 0.228 e. The summed E-state index contributed by atoms with van der Waals surface area (Å²) < 4.78 is 0. The number of hydrogen-bond acceptors (Lipinski definition) is 3. The van der Waals surface area contributed by atoms with Crippen LogP contribution >= 0.6 is 0 Å². The molecule has 4 heteroatoms. The summed E-state index contributed by atoms with van der Waals surface area (Å²) in [6.07, 6.45) is 7.32. The standard InChI is InChI=1S/C14H15N3O/c1-14(13(15)18,12-5-3-7-17-10-12)8-11-4-2-6-16-9-11/h2-7,9-10H,8H2,1H3,(H2,15,18). The van der Waals surface area contributed by atoms with Gasteiger partial charge < -0.3 is 5.73 Å². The second-order valence-corrected chi connectivity index (χ2v) is 4.48. The van der Waals surface area contributed by atoms with Crippen LogP contribution in [0.1, 0.15) is 18.1 Å². The van der Waals surface area contributed by atoms with E-state index in [1.807, 2.05) is 25.1 Å². The monoisotopic (exact) mass is 241 g/mol. The van der Waals surface area contributed by atoms with Crippen LogP contribution in [0.25, 0.3) is 0 Å². The SMILES string of the molecule is CC(Cc1cccnc1)(C(N)=O)c1cccnc1. The molecule has 2 heterocycles. The molecule has 0 aliphatic heterocycles. The summed E-state index contributed by atoms with van der Waals surface area (Å²) in [4.78, 5) is 19.9. The van der Waals surface area contributed by atoms with Crippen molar-refractivity contribution in [2.75, 3.05) is 0 Å². The number of rotatable bonds is 4. The normalized spacial score (nSPS) is 13.8. The summed E-state index contributed by atoms with van der Waals surface area (Å²) in [7, 11) is 0. The van der Waals surface area contributed by atoms with Gasteiger partial charge in [-0.2, -0.15) is 0 Å². The molecule has 0 fully saturated rings. The van der Waals surface area contributed by atoms with Gasteiger partial charge in [0.05, 0.1) is 5.41 Å². The molecule has 0 saturated carbocycles. The highest BCUT2D eigenvalue weighted by atomic mass is 16.1. The minimum absolute atomic E-state index is 0.362. The summed E-state index contributed by atoms with van der Waals surface area (Å²) in [5, 5.41) is 0. The van der Waals surface area contributed by atoms with Gasteiger partial charge in [-0.05, 0) is 36.6 Å². The van der Waals surface area contributed by atoms with Crippen LogP contribution in [-0.2, 0) is 16.6 Å². The largest absolute Gasteiger partial charge is 0.369 e. The molecule has 2 rings (SSSR count). The molecule has 0 spiro atoms. The van der Waals surface area contributed by atoms with E-state index in [4.69, 9.17) is 5.73 Å². The Kier molecular flexibility index (Phi) is 3.37. The van der Waals surface area contributed by atoms with Crippen molar-refractivity contribution in [2.24, 2.45) is 5.73 Å². The van der Waals surface area contributed by atoms with Gasteiger partial charge in [0.25, 0.3) is 0 Å². The summed E-state index contributed by atoms with van der Waals surface area (Å²) in [5.41, 5.74) is 6.59. The van der Waals surface area contributed by atoms with Crippen LogP contribution in [0, 0.1) is 0 Å². The fourth-order valence-electron chi connectivity index (χ4n) is 1.93. The van der Waals surface area contributed by atoms with E-state index < -0.39 is 5.41 Å². The van der Waals surface area contributed by atoms with Crippen LogP contribution in [0.15, 0.2) is 49.1 Å². The number of aromatic nitrogens is 2. The highest BCUT2D eigenvalue weighted by molar-refractivity contribution is 5.86. The van der Waals surface area contributed by atoms with Crippen LogP contribution in [0.4, 0.5) is 0 Å². The van der Waals surface area contributed by atoms with Crippen molar-refractivity contribution in [1.29, 1.82) is 0 Å². The quantitative estimate of drug-likeness (QED) is 0.881. The molecular weight excluding hydrogens is 226 g/mol. The molecule has 2 aromatic heterocycles. The number of pyridine rings is 2. The second kappa shape index (κ2) is 4.96. The van der Waals surface area contributed by atoms with E-state index in [0.29, 0.717) is 6.42 Å². The molecule has 0 bridgehead atoms. The minimum Gasteiger partial charge on any atom is -0.369 e. The molecule has 0 aromatic carbocycles. The average Bonchev–Trinajstić information content (AvgIpc) is 2.40. The molecule has 0 aliphatic carbocycles. The maximum atomic E-state index is 11.8. The zero-order valence-electron chi connectivity index (χ0n) is 10.2. The lowest BCUT2D eigenvalue weighted by Crippen LogP contribution is -2.40. The zero-order valence-corrected chi connectivity index (χ0v) is 10.2. The number of carbonyl (C=O) groups excluding carboxylic acids is 1. The lowest BCUT2D eigenvalue weighted by atomic mass is 9.77. The van der Waals surface area contributed by atoms with Gasteiger partial charge in [-0.1, -0.05) is 12.1 Å². The Morgan fingerprint density at radius 2 is 1.89 bits per heavy atom.